The zero-order valence-corrected chi connectivity index (χ0v) is 11.9. The molecular weight excluding hydrogens is 290 g/mol. The summed E-state index contributed by atoms with van der Waals surface area (Å²) < 4.78 is 6.80. The van der Waals surface area contributed by atoms with Crippen LogP contribution in [0.5, 0.6) is 5.75 Å². The van der Waals surface area contributed by atoms with Gasteiger partial charge in [0.25, 0.3) is 0 Å². The van der Waals surface area contributed by atoms with E-state index in [0.29, 0.717) is 6.61 Å². The van der Waals surface area contributed by atoms with Crippen LogP contribution in [0.1, 0.15) is 24.1 Å². The lowest BCUT2D eigenvalue weighted by Crippen LogP contribution is -2.04. The molecule has 2 N–H and O–H groups in total. The van der Waals surface area contributed by atoms with Gasteiger partial charge in [-0.2, -0.15) is 0 Å². The minimum absolute atomic E-state index is 0.0577. The number of nitrogens with two attached hydrogens (primary N) is 1. The van der Waals surface area contributed by atoms with E-state index in [9.17, 15) is 0 Å². The highest BCUT2D eigenvalue weighted by atomic mass is 79.9. The summed E-state index contributed by atoms with van der Waals surface area (Å²) in [5, 5.41) is 0. The Hall–Kier alpha value is -1.32. The molecule has 0 amide bonds. The second kappa shape index (κ2) is 6.03. The number of ether oxygens (including phenoxy) is 1. The Labute approximate surface area is 116 Å². The van der Waals surface area contributed by atoms with Gasteiger partial charge in [0.1, 0.15) is 12.4 Å². The Kier molecular flexibility index (Phi) is 4.39. The van der Waals surface area contributed by atoms with Crippen molar-refractivity contribution in [1.29, 1.82) is 0 Å². The van der Waals surface area contributed by atoms with Crippen LogP contribution in [0.3, 0.4) is 0 Å². The zero-order chi connectivity index (χ0) is 13.0. The summed E-state index contributed by atoms with van der Waals surface area (Å²) in [6, 6.07) is 16.0. The minimum Gasteiger partial charge on any atom is -0.489 e. The predicted molar refractivity (Wildman–Crippen MR) is 77.5 cm³/mol. The highest BCUT2D eigenvalue weighted by Crippen LogP contribution is 2.20. The molecule has 0 saturated heterocycles. The lowest BCUT2D eigenvalue weighted by Gasteiger charge is -2.10. The first-order valence-electron chi connectivity index (χ1n) is 5.88. The van der Waals surface area contributed by atoms with Crippen LogP contribution in [0.2, 0.25) is 0 Å². The van der Waals surface area contributed by atoms with Gasteiger partial charge in [0, 0.05) is 16.1 Å². The van der Waals surface area contributed by atoms with E-state index in [-0.39, 0.29) is 6.04 Å². The molecule has 0 unspecified atom stereocenters. The van der Waals surface area contributed by atoms with Crippen molar-refractivity contribution >= 4 is 15.9 Å². The second-order valence-electron chi connectivity index (χ2n) is 4.24. The molecule has 18 heavy (non-hydrogen) atoms. The molecular formula is C15H16BrNO. The second-order valence-corrected chi connectivity index (χ2v) is 5.09. The fraction of sp³-hybridized carbons (Fsp3) is 0.200. The summed E-state index contributed by atoms with van der Waals surface area (Å²) in [5.41, 5.74) is 8.05. The maximum atomic E-state index is 5.80. The Bertz CT molecular complexity index is 508. The molecule has 1 atom stereocenters. The average Bonchev–Trinajstić information content (AvgIpc) is 2.38. The van der Waals surface area contributed by atoms with Crippen LogP contribution in [0.25, 0.3) is 0 Å². The number of hydrogen-bond donors (Lipinski definition) is 1. The molecule has 94 valence electrons. The van der Waals surface area contributed by atoms with Gasteiger partial charge in [-0.3, -0.25) is 0 Å². The van der Waals surface area contributed by atoms with Gasteiger partial charge in [0.05, 0.1) is 0 Å². The van der Waals surface area contributed by atoms with Crippen LogP contribution < -0.4 is 10.5 Å². The molecule has 0 radical (unpaired) electrons. The van der Waals surface area contributed by atoms with E-state index in [0.717, 1.165) is 21.3 Å². The van der Waals surface area contributed by atoms with Gasteiger partial charge in [0.2, 0.25) is 0 Å². The average molecular weight is 306 g/mol. The first-order chi connectivity index (χ1) is 8.66. The maximum absolute atomic E-state index is 5.80. The third-order valence-electron chi connectivity index (χ3n) is 2.76. The molecule has 2 aromatic rings. The van der Waals surface area contributed by atoms with Gasteiger partial charge in [-0.1, -0.05) is 46.3 Å². The summed E-state index contributed by atoms with van der Waals surface area (Å²) in [6.07, 6.45) is 0. The molecule has 0 bridgehead atoms. The van der Waals surface area contributed by atoms with E-state index in [1.807, 2.05) is 55.5 Å². The highest BCUT2D eigenvalue weighted by Gasteiger charge is 2.02. The summed E-state index contributed by atoms with van der Waals surface area (Å²) in [6.45, 7) is 2.52. The van der Waals surface area contributed by atoms with Crippen molar-refractivity contribution in [3.63, 3.8) is 0 Å². The third kappa shape index (κ3) is 3.34. The quantitative estimate of drug-likeness (QED) is 0.925. The summed E-state index contributed by atoms with van der Waals surface area (Å²) in [5.74, 6) is 0.857. The minimum atomic E-state index is 0.0577. The molecule has 2 nitrogen and oxygen atoms in total. The van der Waals surface area contributed by atoms with Gasteiger partial charge >= 0.3 is 0 Å². The van der Waals surface area contributed by atoms with Crippen LogP contribution in [0.4, 0.5) is 0 Å². The van der Waals surface area contributed by atoms with Gasteiger partial charge in [0.15, 0.2) is 0 Å². The van der Waals surface area contributed by atoms with E-state index in [2.05, 4.69) is 15.9 Å². The van der Waals surface area contributed by atoms with Crippen molar-refractivity contribution < 1.29 is 4.74 Å². The Morgan fingerprint density at radius 2 is 1.78 bits per heavy atom. The SMILES string of the molecule is C[C@H](N)c1ccc(OCc2ccccc2Br)cc1. The van der Waals surface area contributed by atoms with Crippen molar-refractivity contribution in [1.82, 2.24) is 0 Å². The van der Waals surface area contributed by atoms with Crippen LogP contribution in [-0.4, -0.2) is 0 Å². The molecule has 3 heteroatoms. The largest absolute Gasteiger partial charge is 0.489 e. The topological polar surface area (TPSA) is 35.2 Å². The van der Waals surface area contributed by atoms with Crippen molar-refractivity contribution in [2.24, 2.45) is 5.73 Å². The number of rotatable bonds is 4. The van der Waals surface area contributed by atoms with E-state index >= 15 is 0 Å². The Morgan fingerprint density at radius 1 is 1.11 bits per heavy atom. The molecule has 2 rings (SSSR count). The summed E-state index contributed by atoms with van der Waals surface area (Å²) >= 11 is 3.50. The normalized spacial score (nSPS) is 12.2. The summed E-state index contributed by atoms with van der Waals surface area (Å²) in [4.78, 5) is 0. The molecule has 0 aliphatic heterocycles. The van der Waals surface area contributed by atoms with Crippen molar-refractivity contribution in [3.8, 4) is 5.75 Å². The van der Waals surface area contributed by atoms with Gasteiger partial charge in [-0.15, -0.1) is 0 Å². The van der Waals surface area contributed by atoms with E-state index in [1.54, 1.807) is 0 Å². The lowest BCUT2D eigenvalue weighted by atomic mass is 10.1. The van der Waals surface area contributed by atoms with Crippen LogP contribution in [0.15, 0.2) is 53.0 Å². The van der Waals surface area contributed by atoms with Gasteiger partial charge in [-0.25, -0.2) is 0 Å². The molecule has 0 fully saturated rings. The third-order valence-corrected chi connectivity index (χ3v) is 3.53. The molecule has 0 spiro atoms. The van der Waals surface area contributed by atoms with Crippen LogP contribution >= 0.6 is 15.9 Å². The molecule has 0 aliphatic carbocycles. The number of halogens is 1. The molecule has 0 heterocycles. The maximum Gasteiger partial charge on any atom is 0.119 e. The van der Waals surface area contributed by atoms with E-state index < -0.39 is 0 Å². The Morgan fingerprint density at radius 3 is 2.39 bits per heavy atom. The fourth-order valence-electron chi connectivity index (χ4n) is 1.64. The van der Waals surface area contributed by atoms with Crippen molar-refractivity contribution in [3.05, 3.63) is 64.1 Å². The van der Waals surface area contributed by atoms with Crippen LogP contribution in [0, 0.1) is 0 Å². The summed E-state index contributed by atoms with van der Waals surface area (Å²) in [7, 11) is 0. The standard InChI is InChI=1S/C15H16BrNO/c1-11(17)12-6-8-14(9-7-12)18-10-13-4-2-3-5-15(13)16/h2-9,11H,10,17H2,1H3/t11-/m0/s1. The number of hydrogen-bond acceptors (Lipinski definition) is 2. The fourth-order valence-corrected chi connectivity index (χ4v) is 2.04. The predicted octanol–water partition coefficient (Wildman–Crippen LogP) is 4.05. The van der Waals surface area contributed by atoms with Gasteiger partial charge < -0.3 is 10.5 Å². The first kappa shape index (κ1) is 13.1. The monoisotopic (exact) mass is 305 g/mol. The molecule has 0 aromatic heterocycles. The van der Waals surface area contributed by atoms with Crippen LogP contribution in [-0.2, 0) is 6.61 Å². The molecule has 2 aromatic carbocycles. The highest BCUT2D eigenvalue weighted by molar-refractivity contribution is 9.10. The Balaban J connectivity index is 2.00. The number of benzene rings is 2. The molecule has 0 saturated carbocycles. The molecule has 0 aliphatic rings. The van der Waals surface area contributed by atoms with Gasteiger partial charge in [-0.05, 0) is 30.7 Å². The smallest absolute Gasteiger partial charge is 0.119 e. The van der Waals surface area contributed by atoms with Crippen molar-refractivity contribution in [2.45, 2.75) is 19.6 Å². The van der Waals surface area contributed by atoms with E-state index in [1.165, 1.54) is 0 Å². The lowest BCUT2D eigenvalue weighted by molar-refractivity contribution is 0.305. The van der Waals surface area contributed by atoms with E-state index in [4.69, 9.17) is 10.5 Å². The zero-order valence-electron chi connectivity index (χ0n) is 10.3. The first-order valence-corrected chi connectivity index (χ1v) is 6.68. The van der Waals surface area contributed by atoms with Crippen molar-refractivity contribution in [2.75, 3.05) is 0 Å².